The molecule has 0 amide bonds. The molecule has 0 aromatic heterocycles. The molecule has 0 aliphatic rings. The molecule has 0 fully saturated rings. The molecule has 0 aromatic rings. The molecular weight excluding hydrogens is 230 g/mol. The summed E-state index contributed by atoms with van der Waals surface area (Å²) in [6.45, 7) is 23.3. The van der Waals surface area contributed by atoms with Gasteiger partial charge in [-0.1, -0.05) is 69.2 Å². The average Bonchev–Trinajstić information content (AvgIpc) is 2.06. The topological polar surface area (TPSA) is 26.0 Å². The lowest BCUT2D eigenvalue weighted by molar-refractivity contribution is 0.107. The third-order valence-electron chi connectivity index (χ3n) is 4.56. The second-order valence-electron chi connectivity index (χ2n) is 9.90. The Labute approximate surface area is 122 Å². The van der Waals surface area contributed by atoms with E-state index in [2.05, 4.69) is 69.2 Å². The summed E-state index contributed by atoms with van der Waals surface area (Å²) in [7, 11) is 0. The number of hydrogen-bond donors (Lipinski definition) is 1. The van der Waals surface area contributed by atoms with Crippen molar-refractivity contribution in [1.82, 2.24) is 0 Å². The first-order chi connectivity index (χ1) is 8.14. The third kappa shape index (κ3) is 7.34. The maximum Gasteiger partial charge on any atom is 0.00772 e. The van der Waals surface area contributed by atoms with E-state index in [1.807, 2.05) is 0 Å². The maximum atomic E-state index is 6.58. The van der Waals surface area contributed by atoms with E-state index in [1.54, 1.807) is 0 Å². The van der Waals surface area contributed by atoms with Crippen molar-refractivity contribution >= 4 is 0 Å². The van der Waals surface area contributed by atoms with Gasteiger partial charge in [-0.2, -0.15) is 0 Å². The van der Waals surface area contributed by atoms with Gasteiger partial charge in [-0.05, 0) is 40.9 Å². The van der Waals surface area contributed by atoms with Crippen molar-refractivity contribution in [3.8, 4) is 0 Å². The first-order valence-corrected chi connectivity index (χ1v) is 7.90. The summed E-state index contributed by atoms with van der Waals surface area (Å²) in [5.74, 6) is 1.28. The van der Waals surface area contributed by atoms with Crippen LogP contribution in [0.15, 0.2) is 0 Å². The SMILES string of the molecule is CC(CC(C(N)CC(C)(C)C)C(C)(C)C)C(C)(C)C. The van der Waals surface area contributed by atoms with Crippen molar-refractivity contribution in [3.05, 3.63) is 0 Å². The van der Waals surface area contributed by atoms with Gasteiger partial charge in [-0.25, -0.2) is 0 Å². The van der Waals surface area contributed by atoms with E-state index in [0.717, 1.165) is 6.42 Å². The Bertz CT molecular complexity index is 259. The molecule has 0 heterocycles. The molecule has 19 heavy (non-hydrogen) atoms. The standard InChI is InChI=1S/C18H39N/c1-13(17(5,6)7)11-14(18(8,9)10)15(19)12-16(2,3)4/h13-15H,11-12,19H2,1-10H3. The molecule has 0 radical (unpaired) electrons. The van der Waals surface area contributed by atoms with Crippen LogP contribution < -0.4 is 5.73 Å². The largest absolute Gasteiger partial charge is 0.327 e. The highest BCUT2D eigenvalue weighted by Crippen LogP contribution is 2.40. The molecule has 0 spiro atoms. The predicted molar refractivity (Wildman–Crippen MR) is 88.2 cm³/mol. The zero-order valence-electron chi connectivity index (χ0n) is 15.2. The Morgan fingerprint density at radius 3 is 1.47 bits per heavy atom. The number of hydrogen-bond acceptors (Lipinski definition) is 1. The third-order valence-corrected chi connectivity index (χ3v) is 4.56. The molecule has 0 aliphatic heterocycles. The van der Waals surface area contributed by atoms with Crippen LogP contribution in [0.2, 0.25) is 0 Å². The van der Waals surface area contributed by atoms with Gasteiger partial charge >= 0.3 is 0 Å². The minimum absolute atomic E-state index is 0.282. The van der Waals surface area contributed by atoms with E-state index in [4.69, 9.17) is 5.73 Å². The van der Waals surface area contributed by atoms with E-state index in [9.17, 15) is 0 Å². The lowest BCUT2D eigenvalue weighted by Crippen LogP contribution is -2.42. The van der Waals surface area contributed by atoms with Crippen LogP contribution in [0.4, 0.5) is 0 Å². The van der Waals surface area contributed by atoms with Gasteiger partial charge in [0, 0.05) is 6.04 Å². The Hall–Kier alpha value is -0.0400. The van der Waals surface area contributed by atoms with Crippen molar-refractivity contribution in [3.63, 3.8) is 0 Å². The van der Waals surface area contributed by atoms with Gasteiger partial charge in [0.15, 0.2) is 0 Å². The van der Waals surface area contributed by atoms with Gasteiger partial charge in [0.2, 0.25) is 0 Å². The van der Waals surface area contributed by atoms with Crippen LogP contribution in [0.3, 0.4) is 0 Å². The molecule has 2 N–H and O–H groups in total. The van der Waals surface area contributed by atoms with Gasteiger partial charge in [-0.3, -0.25) is 0 Å². The van der Waals surface area contributed by atoms with Gasteiger partial charge < -0.3 is 5.73 Å². The molecule has 3 atom stereocenters. The molecule has 0 aliphatic carbocycles. The van der Waals surface area contributed by atoms with E-state index in [1.165, 1.54) is 6.42 Å². The van der Waals surface area contributed by atoms with Gasteiger partial charge in [-0.15, -0.1) is 0 Å². The van der Waals surface area contributed by atoms with Gasteiger partial charge in [0.25, 0.3) is 0 Å². The molecular formula is C18H39N. The average molecular weight is 270 g/mol. The van der Waals surface area contributed by atoms with Crippen LogP contribution in [0.5, 0.6) is 0 Å². The van der Waals surface area contributed by atoms with Crippen molar-refractivity contribution in [2.75, 3.05) is 0 Å². The highest BCUT2D eigenvalue weighted by Gasteiger charge is 2.35. The summed E-state index contributed by atoms with van der Waals surface area (Å²) in [5, 5.41) is 0. The second-order valence-corrected chi connectivity index (χ2v) is 9.90. The van der Waals surface area contributed by atoms with Gasteiger partial charge in [0.05, 0.1) is 0 Å². The smallest absolute Gasteiger partial charge is 0.00772 e. The predicted octanol–water partition coefficient (Wildman–Crippen LogP) is 5.48. The Kier molecular flexibility index (Phi) is 6.15. The summed E-state index contributed by atoms with van der Waals surface area (Å²) < 4.78 is 0. The zero-order chi connectivity index (χ0) is 15.6. The maximum absolute atomic E-state index is 6.58. The molecule has 116 valence electrons. The summed E-state index contributed by atoms with van der Waals surface area (Å²) in [5.41, 5.74) is 7.54. The van der Waals surface area contributed by atoms with E-state index >= 15 is 0 Å². The Morgan fingerprint density at radius 1 is 0.789 bits per heavy atom. The fourth-order valence-corrected chi connectivity index (χ4v) is 2.75. The lowest BCUT2D eigenvalue weighted by Gasteiger charge is -2.41. The van der Waals surface area contributed by atoms with Gasteiger partial charge in [0.1, 0.15) is 0 Å². The Balaban J connectivity index is 4.94. The summed E-state index contributed by atoms with van der Waals surface area (Å²) in [4.78, 5) is 0. The fraction of sp³-hybridized carbons (Fsp3) is 1.00. The van der Waals surface area contributed by atoms with Crippen molar-refractivity contribution < 1.29 is 0 Å². The molecule has 0 bridgehead atoms. The highest BCUT2D eigenvalue weighted by molar-refractivity contribution is 4.88. The first kappa shape index (κ1) is 19.0. The van der Waals surface area contributed by atoms with E-state index in [-0.39, 0.29) is 5.41 Å². The minimum Gasteiger partial charge on any atom is -0.327 e. The summed E-state index contributed by atoms with van der Waals surface area (Å²) in [6.07, 6.45) is 2.33. The van der Waals surface area contributed by atoms with Crippen molar-refractivity contribution in [2.45, 2.75) is 88.1 Å². The monoisotopic (exact) mass is 269 g/mol. The van der Waals surface area contributed by atoms with Crippen LogP contribution in [-0.4, -0.2) is 6.04 Å². The Morgan fingerprint density at radius 2 is 1.21 bits per heavy atom. The molecule has 3 unspecified atom stereocenters. The van der Waals surface area contributed by atoms with Crippen molar-refractivity contribution in [1.29, 1.82) is 0 Å². The summed E-state index contributed by atoms with van der Waals surface area (Å²) >= 11 is 0. The number of nitrogens with two attached hydrogens (primary N) is 1. The quantitative estimate of drug-likeness (QED) is 0.718. The first-order valence-electron chi connectivity index (χ1n) is 7.90. The van der Waals surface area contributed by atoms with Crippen LogP contribution in [0.25, 0.3) is 0 Å². The molecule has 0 saturated carbocycles. The van der Waals surface area contributed by atoms with Crippen LogP contribution in [0, 0.1) is 28.1 Å². The normalized spacial score (nSPS) is 19.1. The minimum atomic E-state index is 0.282. The van der Waals surface area contributed by atoms with Crippen LogP contribution in [0.1, 0.15) is 82.1 Å². The van der Waals surface area contributed by atoms with Crippen molar-refractivity contribution in [2.24, 2.45) is 33.8 Å². The lowest BCUT2D eigenvalue weighted by atomic mass is 9.66. The number of rotatable bonds is 4. The second kappa shape index (κ2) is 6.16. The molecule has 0 rings (SSSR count). The molecule has 0 saturated heterocycles. The zero-order valence-corrected chi connectivity index (χ0v) is 15.2. The fourth-order valence-electron chi connectivity index (χ4n) is 2.75. The summed E-state index contributed by atoms with van der Waals surface area (Å²) in [6, 6.07) is 0.296. The molecule has 1 heteroatoms. The van der Waals surface area contributed by atoms with Crippen LogP contribution >= 0.6 is 0 Å². The highest BCUT2D eigenvalue weighted by atomic mass is 14.7. The van der Waals surface area contributed by atoms with E-state index < -0.39 is 0 Å². The van der Waals surface area contributed by atoms with E-state index in [0.29, 0.717) is 28.7 Å². The molecule has 0 aromatic carbocycles. The van der Waals surface area contributed by atoms with Crippen LogP contribution in [-0.2, 0) is 0 Å². The molecule has 1 nitrogen and oxygen atoms in total.